The largest absolute Gasteiger partial charge is 0.378 e. The number of hydrogen-bond acceptors (Lipinski definition) is 4. The molecule has 0 saturated carbocycles. The van der Waals surface area contributed by atoms with Crippen LogP contribution in [0.3, 0.4) is 0 Å². The maximum atomic E-state index is 11.8. The number of ether oxygens (including phenoxy) is 1. The first-order valence-corrected chi connectivity index (χ1v) is 6.95. The van der Waals surface area contributed by atoms with Crippen LogP contribution < -0.4 is 16.0 Å². The molecule has 5 heteroatoms. The van der Waals surface area contributed by atoms with Gasteiger partial charge < -0.3 is 20.7 Å². The Hall–Kier alpha value is -1.59. The van der Waals surface area contributed by atoms with Gasteiger partial charge in [0.1, 0.15) is 0 Å². The van der Waals surface area contributed by atoms with Crippen LogP contribution in [0.5, 0.6) is 0 Å². The van der Waals surface area contributed by atoms with Crippen molar-refractivity contribution in [1.82, 2.24) is 0 Å². The van der Waals surface area contributed by atoms with Crippen molar-refractivity contribution in [3.8, 4) is 0 Å². The van der Waals surface area contributed by atoms with Gasteiger partial charge in [0.05, 0.1) is 13.2 Å². The molecule has 0 aliphatic carbocycles. The number of carbonyl (C=O) groups is 1. The maximum Gasteiger partial charge on any atom is 0.226 e. The van der Waals surface area contributed by atoms with Crippen molar-refractivity contribution >= 4 is 17.3 Å². The van der Waals surface area contributed by atoms with Crippen molar-refractivity contribution in [3.63, 3.8) is 0 Å². The summed E-state index contributed by atoms with van der Waals surface area (Å²) in [5.74, 6) is -0.0587. The lowest BCUT2D eigenvalue weighted by Crippen LogP contribution is -2.36. The number of nitrogens with zero attached hydrogens (tertiary/aromatic N) is 1. The summed E-state index contributed by atoms with van der Waals surface area (Å²) in [7, 11) is 0. The van der Waals surface area contributed by atoms with Crippen molar-refractivity contribution in [2.45, 2.75) is 25.8 Å². The molecule has 0 unspecified atom stereocenters. The van der Waals surface area contributed by atoms with Crippen LogP contribution in [0.15, 0.2) is 24.3 Å². The van der Waals surface area contributed by atoms with Gasteiger partial charge >= 0.3 is 0 Å². The fourth-order valence-electron chi connectivity index (χ4n) is 2.20. The monoisotopic (exact) mass is 277 g/mol. The second kappa shape index (κ2) is 6.24. The number of anilines is 2. The molecule has 0 atom stereocenters. The Balaban J connectivity index is 1.92. The standard InChI is InChI=1S/C15H23N3O2/c1-15(2,16)11-14(19)17-12-3-5-13(6-4-12)18-7-9-20-10-8-18/h3-6H,7-11,16H2,1-2H3,(H,17,19). The van der Waals surface area contributed by atoms with Gasteiger partial charge in [-0.05, 0) is 38.1 Å². The third kappa shape index (κ3) is 4.51. The van der Waals surface area contributed by atoms with Crippen molar-refractivity contribution in [3.05, 3.63) is 24.3 Å². The molecule has 5 nitrogen and oxygen atoms in total. The molecule has 1 fully saturated rings. The molecule has 110 valence electrons. The summed E-state index contributed by atoms with van der Waals surface area (Å²) in [6.45, 7) is 7.04. The quantitative estimate of drug-likeness (QED) is 0.877. The lowest BCUT2D eigenvalue weighted by atomic mass is 10.0. The van der Waals surface area contributed by atoms with E-state index in [0.29, 0.717) is 6.42 Å². The van der Waals surface area contributed by atoms with Gasteiger partial charge in [0.15, 0.2) is 0 Å². The third-order valence-electron chi connectivity index (χ3n) is 3.14. The van der Waals surface area contributed by atoms with Gasteiger partial charge in [-0.3, -0.25) is 4.79 Å². The minimum Gasteiger partial charge on any atom is -0.378 e. The molecular formula is C15H23N3O2. The van der Waals surface area contributed by atoms with E-state index in [1.165, 1.54) is 0 Å². The van der Waals surface area contributed by atoms with E-state index < -0.39 is 5.54 Å². The highest BCUT2D eigenvalue weighted by Gasteiger charge is 2.16. The Morgan fingerprint density at radius 3 is 2.45 bits per heavy atom. The number of amides is 1. The second-order valence-electron chi connectivity index (χ2n) is 5.86. The van der Waals surface area contributed by atoms with E-state index in [2.05, 4.69) is 10.2 Å². The van der Waals surface area contributed by atoms with Crippen LogP contribution >= 0.6 is 0 Å². The predicted molar refractivity (Wildman–Crippen MR) is 81.0 cm³/mol. The summed E-state index contributed by atoms with van der Waals surface area (Å²) in [5.41, 5.74) is 7.30. The van der Waals surface area contributed by atoms with Crippen LogP contribution in [-0.2, 0) is 9.53 Å². The Bertz CT molecular complexity index is 445. The average Bonchev–Trinajstić information content (AvgIpc) is 2.38. The highest BCUT2D eigenvalue weighted by atomic mass is 16.5. The van der Waals surface area contributed by atoms with Crippen molar-refractivity contribution in [1.29, 1.82) is 0 Å². The zero-order valence-electron chi connectivity index (χ0n) is 12.2. The lowest BCUT2D eigenvalue weighted by molar-refractivity contribution is -0.117. The Morgan fingerprint density at radius 2 is 1.90 bits per heavy atom. The maximum absolute atomic E-state index is 11.8. The highest BCUT2D eigenvalue weighted by molar-refractivity contribution is 5.91. The number of morpholine rings is 1. The molecule has 1 saturated heterocycles. The van der Waals surface area contributed by atoms with Gasteiger partial charge in [-0.25, -0.2) is 0 Å². The van der Waals surface area contributed by atoms with E-state index in [1.54, 1.807) is 0 Å². The van der Waals surface area contributed by atoms with Crippen LogP contribution in [0.25, 0.3) is 0 Å². The van der Waals surface area contributed by atoms with Gasteiger partial charge in [0, 0.05) is 36.4 Å². The predicted octanol–water partition coefficient (Wildman–Crippen LogP) is 1.59. The molecule has 1 heterocycles. The van der Waals surface area contributed by atoms with E-state index in [0.717, 1.165) is 37.7 Å². The van der Waals surface area contributed by atoms with Crippen LogP contribution in [-0.4, -0.2) is 37.7 Å². The number of carbonyl (C=O) groups excluding carboxylic acids is 1. The molecule has 1 aliphatic heterocycles. The Labute approximate surface area is 120 Å². The van der Waals surface area contributed by atoms with Crippen LogP contribution in [0.4, 0.5) is 11.4 Å². The number of hydrogen-bond donors (Lipinski definition) is 2. The normalized spacial score (nSPS) is 16.1. The Morgan fingerprint density at radius 1 is 1.30 bits per heavy atom. The fraction of sp³-hybridized carbons (Fsp3) is 0.533. The lowest BCUT2D eigenvalue weighted by Gasteiger charge is -2.29. The zero-order chi connectivity index (χ0) is 14.6. The molecule has 0 spiro atoms. The molecule has 1 aromatic rings. The van der Waals surface area contributed by atoms with E-state index >= 15 is 0 Å². The third-order valence-corrected chi connectivity index (χ3v) is 3.14. The number of nitrogens with two attached hydrogens (primary N) is 1. The SMILES string of the molecule is CC(C)(N)CC(=O)Nc1ccc(N2CCOCC2)cc1. The molecule has 1 aliphatic rings. The van der Waals surface area contributed by atoms with Gasteiger partial charge in [0.2, 0.25) is 5.91 Å². The molecule has 1 aromatic carbocycles. The van der Waals surface area contributed by atoms with Crippen molar-refractivity contribution in [2.75, 3.05) is 36.5 Å². The minimum absolute atomic E-state index is 0.0587. The topological polar surface area (TPSA) is 67.6 Å². The molecule has 0 radical (unpaired) electrons. The molecule has 1 amide bonds. The average molecular weight is 277 g/mol. The second-order valence-corrected chi connectivity index (χ2v) is 5.86. The summed E-state index contributed by atoms with van der Waals surface area (Å²) < 4.78 is 5.33. The van der Waals surface area contributed by atoms with Crippen LogP contribution in [0, 0.1) is 0 Å². The fourth-order valence-corrected chi connectivity index (χ4v) is 2.20. The van der Waals surface area contributed by atoms with Gasteiger partial charge in [-0.2, -0.15) is 0 Å². The molecule has 20 heavy (non-hydrogen) atoms. The molecule has 3 N–H and O–H groups in total. The summed E-state index contributed by atoms with van der Waals surface area (Å²) >= 11 is 0. The smallest absolute Gasteiger partial charge is 0.226 e. The van der Waals surface area contributed by atoms with E-state index in [-0.39, 0.29) is 5.91 Å². The number of rotatable bonds is 4. The van der Waals surface area contributed by atoms with Gasteiger partial charge in [0.25, 0.3) is 0 Å². The summed E-state index contributed by atoms with van der Waals surface area (Å²) in [5, 5.41) is 2.87. The molecule has 2 rings (SSSR count). The van der Waals surface area contributed by atoms with Crippen molar-refractivity contribution in [2.24, 2.45) is 5.73 Å². The summed E-state index contributed by atoms with van der Waals surface area (Å²) in [6, 6.07) is 7.89. The summed E-state index contributed by atoms with van der Waals surface area (Å²) in [4.78, 5) is 14.1. The number of nitrogens with one attached hydrogen (secondary N) is 1. The van der Waals surface area contributed by atoms with E-state index in [4.69, 9.17) is 10.5 Å². The van der Waals surface area contributed by atoms with E-state index in [9.17, 15) is 4.79 Å². The minimum atomic E-state index is -0.488. The first-order valence-electron chi connectivity index (χ1n) is 6.95. The van der Waals surface area contributed by atoms with Gasteiger partial charge in [-0.1, -0.05) is 0 Å². The van der Waals surface area contributed by atoms with Gasteiger partial charge in [-0.15, -0.1) is 0 Å². The zero-order valence-corrected chi connectivity index (χ0v) is 12.2. The molecular weight excluding hydrogens is 254 g/mol. The first kappa shape index (κ1) is 14.8. The van der Waals surface area contributed by atoms with E-state index in [1.807, 2.05) is 38.1 Å². The van der Waals surface area contributed by atoms with Crippen LogP contribution in [0.2, 0.25) is 0 Å². The summed E-state index contributed by atoms with van der Waals surface area (Å²) in [6.07, 6.45) is 0.304. The van der Waals surface area contributed by atoms with Crippen molar-refractivity contribution < 1.29 is 9.53 Å². The molecule has 0 bridgehead atoms. The highest BCUT2D eigenvalue weighted by Crippen LogP contribution is 2.19. The Kier molecular flexibility index (Phi) is 4.62. The first-order chi connectivity index (χ1) is 9.44. The molecule has 0 aromatic heterocycles. The van der Waals surface area contributed by atoms with Crippen LogP contribution in [0.1, 0.15) is 20.3 Å². The number of benzene rings is 1.